The average Bonchev–Trinajstić information content (AvgIpc) is 2.10. The minimum absolute atomic E-state index is 0.0331. The van der Waals surface area contributed by atoms with Crippen LogP contribution >= 0.6 is 0 Å². The van der Waals surface area contributed by atoms with E-state index in [0.717, 1.165) is 6.42 Å². The summed E-state index contributed by atoms with van der Waals surface area (Å²) in [7, 11) is 0. The summed E-state index contributed by atoms with van der Waals surface area (Å²) in [6.45, 7) is 12.2. The van der Waals surface area contributed by atoms with Gasteiger partial charge in [-0.25, -0.2) is 0 Å². The summed E-state index contributed by atoms with van der Waals surface area (Å²) in [6, 6.07) is -0.281. The summed E-state index contributed by atoms with van der Waals surface area (Å²) in [5, 5.41) is 15.6. The molecule has 0 aromatic heterocycles. The fraction of sp³-hybridized carbons (Fsp3) is 0.923. The van der Waals surface area contributed by atoms with E-state index in [2.05, 4.69) is 24.5 Å². The van der Waals surface area contributed by atoms with Crippen LogP contribution in [0.3, 0.4) is 0 Å². The van der Waals surface area contributed by atoms with Gasteiger partial charge in [0.1, 0.15) is 0 Å². The molecule has 0 fully saturated rings. The highest BCUT2D eigenvalue weighted by Gasteiger charge is 2.19. The van der Waals surface area contributed by atoms with E-state index in [-0.39, 0.29) is 23.6 Å². The Morgan fingerprint density at radius 1 is 1.24 bits per heavy atom. The third kappa shape index (κ3) is 9.12. The highest BCUT2D eigenvalue weighted by molar-refractivity contribution is 5.81. The zero-order valence-electron chi connectivity index (χ0n) is 12.0. The molecule has 102 valence electrons. The minimum Gasteiger partial charge on any atom is -0.392 e. The SMILES string of the molecule is CC(C)CC(O)CNC(C)C(=O)NC(C)(C)C. The molecule has 0 heterocycles. The molecule has 0 aliphatic carbocycles. The Balaban J connectivity index is 3.93. The molecule has 0 rings (SSSR count). The molecule has 1 amide bonds. The van der Waals surface area contributed by atoms with Gasteiger partial charge in [0.15, 0.2) is 0 Å². The Kier molecular flexibility index (Phi) is 6.72. The molecule has 0 aliphatic heterocycles. The highest BCUT2D eigenvalue weighted by Crippen LogP contribution is 2.04. The van der Waals surface area contributed by atoms with Crippen molar-refractivity contribution in [3.8, 4) is 0 Å². The van der Waals surface area contributed by atoms with Crippen LogP contribution in [0.15, 0.2) is 0 Å². The zero-order valence-corrected chi connectivity index (χ0v) is 12.0. The van der Waals surface area contributed by atoms with Gasteiger partial charge in [-0.3, -0.25) is 4.79 Å². The lowest BCUT2D eigenvalue weighted by atomic mass is 10.1. The molecule has 0 aliphatic rings. The van der Waals surface area contributed by atoms with Crippen molar-refractivity contribution in [1.29, 1.82) is 0 Å². The normalized spacial score (nSPS) is 15.8. The van der Waals surface area contributed by atoms with Gasteiger partial charge in [0.25, 0.3) is 0 Å². The van der Waals surface area contributed by atoms with Gasteiger partial charge in [-0.05, 0) is 40.0 Å². The van der Waals surface area contributed by atoms with Gasteiger partial charge in [-0.2, -0.15) is 0 Å². The lowest BCUT2D eigenvalue weighted by Gasteiger charge is -2.24. The van der Waals surface area contributed by atoms with Gasteiger partial charge in [-0.15, -0.1) is 0 Å². The van der Waals surface area contributed by atoms with Crippen LogP contribution in [-0.2, 0) is 4.79 Å². The molecule has 0 saturated heterocycles. The van der Waals surface area contributed by atoms with Crippen LogP contribution in [-0.4, -0.2) is 35.2 Å². The van der Waals surface area contributed by atoms with Crippen molar-refractivity contribution < 1.29 is 9.90 Å². The Bertz CT molecular complexity index is 234. The first kappa shape index (κ1) is 16.4. The van der Waals surface area contributed by atoms with E-state index in [0.29, 0.717) is 12.5 Å². The number of hydrogen-bond donors (Lipinski definition) is 3. The topological polar surface area (TPSA) is 61.4 Å². The molecule has 0 aromatic carbocycles. The summed E-state index contributed by atoms with van der Waals surface area (Å²) >= 11 is 0. The van der Waals surface area contributed by atoms with E-state index in [1.165, 1.54) is 0 Å². The summed E-state index contributed by atoms with van der Waals surface area (Å²) in [5.41, 5.74) is -0.219. The van der Waals surface area contributed by atoms with Gasteiger partial charge >= 0.3 is 0 Å². The van der Waals surface area contributed by atoms with E-state index in [4.69, 9.17) is 0 Å². The molecule has 0 bridgehead atoms. The number of carbonyl (C=O) groups excluding carboxylic acids is 1. The Hall–Kier alpha value is -0.610. The fourth-order valence-electron chi connectivity index (χ4n) is 1.51. The second-order valence-corrected chi connectivity index (χ2v) is 6.15. The molecule has 0 aromatic rings. The Morgan fingerprint density at radius 3 is 2.18 bits per heavy atom. The number of nitrogens with one attached hydrogen (secondary N) is 2. The van der Waals surface area contributed by atoms with Gasteiger partial charge < -0.3 is 15.7 Å². The quantitative estimate of drug-likeness (QED) is 0.660. The second-order valence-electron chi connectivity index (χ2n) is 6.15. The summed E-state index contributed by atoms with van der Waals surface area (Å²) < 4.78 is 0. The predicted molar refractivity (Wildman–Crippen MR) is 70.8 cm³/mol. The standard InChI is InChI=1S/C13H28N2O2/c1-9(2)7-11(16)8-14-10(3)12(17)15-13(4,5)6/h9-11,14,16H,7-8H2,1-6H3,(H,15,17). The maximum absolute atomic E-state index is 11.7. The molecule has 4 heteroatoms. The molecular formula is C13H28N2O2. The molecular weight excluding hydrogens is 216 g/mol. The summed E-state index contributed by atoms with van der Waals surface area (Å²) in [5.74, 6) is 0.430. The van der Waals surface area contributed by atoms with Crippen molar-refractivity contribution in [3.63, 3.8) is 0 Å². The first-order valence-electron chi connectivity index (χ1n) is 6.35. The number of amides is 1. The number of carbonyl (C=O) groups is 1. The van der Waals surface area contributed by atoms with E-state index in [9.17, 15) is 9.90 Å². The van der Waals surface area contributed by atoms with Crippen molar-refractivity contribution >= 4 is 5.91 Å². The molecule has 0 saturated carbocycles. The summed E-state index contributed by atoms with van der Waals surface area (Å²) in [4.78, 5) is 11.7. The van der Waals surface area contributed by atoms with Gasteiger partial charge in [0, 0.05) is 12.1 Å². The van der Waals surface area contributed by atoms with Crippen molar-refractivity contribution in [2.24, 2.45) is 5.92 Å². The molecule has 0 radical (unpaired) electrons. The maximum atomic E-state index is 11.7. The number of rotatable bonds is 6. The Labute approximate surface area is 105 Å². The average molecular weight is 244 g/mol. The van der Waals surface area contributed by atoms with E-state index < -0.39 is 0 Å². The minimum atomic E-state index is -0.389. The number of hydrogen-bond acceptors (Lipinski definition) is 3. The summed E-state index contributed by atoms with van der Waals surface area (Å²) in [6.07, 6.45) is 0.362. The van der Waals surface area contributed by atoms with Crippen molar-refractivity contribution in [2.45, 2.75) is 65.6 Å². The van der Waals surface area contributed by atoms with Crippen molar-refractivity contribution in [3.05, 3.63) is 0 Å². The first-order chi connectivity index (χ1) is 7.61. The smallest absolute Gasteiger partial charge is 0.237 e. The van der Waals surface area contributed by atoms with Gasteiger partial charge in [-0.1, -0.05) is 13.8 Å². The third-order valence-electron chi connectivity index (χ3n) is 2.29. The monoisotopic (exact) mass is 244 g/mol. The van der Waals surface area contributed by atoms with Gasteiger partial charge in [0.05, 0.1) is 12.1 Å². The molecule has 3 N–H and O–H groups in total. The fourth-order valence-corrected chi connectivity index (χ4v) is 1.51. The van der Waals surface area contributed by atoms with Crippen LogP contribution in [0.25, 0.3) is 0 Å². The molecule has 17 heavy (non-hydrogen) atoms. The van der Waals surface area contributed by atoms with Crippen LogP contribution < -0.4 is 10.6 Å². The van der Waals surface area contributed by atoms with E-state index >= 15 is 0 Å². The van der Waals surface area contributed by atoms with Crippen molar-refractivity contribution in [1.82, 2.24) is 10.6 Å². The van der Waals surface area contributed by atoms with E-state index in [1.54, 1.807) is 0 Å². The molecule has 2 unspecified atom stereocenters. The maximum Gasteiger partial charge on any atom is 0.237 e. The van der Waals surface area contributed by atoms with Crippen molar-refractivity contribution in [2.75, 3.05) is 6.54 Å². The molecule has 2 atom stereocenters. The van der Waals surface area contributed by atoms with Crippen LogP contribution in [0.4, 0.5) is 0 Å². The molecule has 4 nitrogen and oxygen atoms in total. The largest absolute Gasteiger partial charge is 0.392 e. The van der Waals surface area contributed by atoms with E-state index in [1.807, 2.05) is 27.7 Å². The number of aliphatic hydroxyl groups is 1. The second kappa shape index (κ2) is 6.97. The third-order valence-corrected chi connectivity index (χ3v) is 2.29. The highest BCUT2D eigenvalue weighted by atomic mass is 16.3. The predicted octanol–water partition coefficient (Wildman–Crippen LogP) is 1.29. The van der Waals surface area contributed by atoms with Crippen LogP contribution in [0, 0.1) is 5.92 Å². The van der Waals surface area contributed by atoms with Crippen LogP contribution in [0.1, 0.15) is 48.0 Å². The lowest BCUT2D eigenvalue weighted by Crippen LogP contribution is -2.50. The number of aliphatic hydroxyl groups excluding tert-OH is 1. The van der Waals surface area contributed by atoms with Gasteiger partial charge in [0.2, 0.25) is 5.91 Å². The zero-order chi connectivity index (χ0) is 13.6. The Morgan fingerprint density at radius 2 is 1.76 bits per heavy atom. The van der Waals surface area contributed by atoms with Crippen LogP contribution in [0.5, 0.6) is 0 Å². The lowest BCUT2D eigenvalue weighted by molar-refractivity contribution is -0.124. The van der Waals surface area contributed by atoms with Crippen LogP contribution in [0.2, 0.25) is 0 Å². The molecule has 0 spiro atoms. The first-order valence-corrected chi connectivity index (χ1v) is 6.35.